The summed E-state index contributed by atoms with van der Waals surface area (Å²) in [5, 5.41) is 0. The van der Waals surface area contributed by atoms with Crippen LogP contribution in [0.1, 0.15) is 78.0 Å². The first-order valence-corrected chi connectivity index (χ1v) is 15.3. The molecule has 0 fully saturated rings. The third-order valence-corrected chi connectivity index (χ3v) is 8.00. The van der Waals surface area contributed by atoms with Crippen molar-refractivity contribution in [1.29, 1.82) is 0 Å². The molecule has 6 nitrogen and oxygen atoms in total. The van der Waals surface area contributed by atoms with Crippen molar-refractivity contribution < 1.29 is 49.4 Å². The van der Waals surface area contributed by atoms with Crippen molar-refractivity contribution in [3.8, 4) is 5.75 Å². The Morgan fingerprint density at radius 1 is 0.909 bits per heavy atom. The Labute approximate surface area is 256 Å². The summed E-state index contributed by atoms with van der Waals surface area (Å²) in [6, 6.07) is 5.71. The lowest BCUT2D eigenvalue weighted by molar-refractivity contribution is -0.139. The Hall–Kier alpha value is -2.40. The molecule has 0 spiro atoms. The highest BCUT2D eigenvalue weighted by atomic mass is 31.2. The van der Waals surface area contributed by atoms with E-state index in [0.717, 1.165) is 18.2 Å². The number of halogens is 6. The van der Waals surface area contributed by atoms with Crippen molar-refractivity contribution in [2.75, 3.05) is 19.8 Å². The van der Waals surface area contributed by atoms with E-state index in [1.807, 2.05) is 41.5 Å². The van der Waals surface area contributed by atoms with Crippen molar-refractivity contribution in [1.82, 2.24) is 0 Å². The fraction of sp³-hybridized carbons (Fsp3) is 0.581. The lowest BCUT2D eigenvalue weighted by Crippen LogP contribution is -2.35. The first-order valence-electron chi connectivity index (χ1n) is 14.2. The topological polar surface area (TPSA) is 58.5 Å². The molecule has 1 atom stereocenters. The van der Waals surface area contributed by atoms with Gasteiger partial charge in [-0.1, -0.05) is 12.1 Å². The molecule has 0 saturated heterocycles. The van der Waals surface area contributed by atoms with Gasteiger partial charge in [-0.25, -0.2) is 18.2 Å². The molecular weight excluding hydrogens is 611 g/mol. The van der Waals surface area contributed by atoms with E-state index in [0.29, 0.717) is 17.9 Å². The molecule has 0 aromatic heterocycles. The Morgan fingerprint density at radius 3 is 2.14 bits per heavy atom. The van der Waals surface area contributed by atoms with Gasteiger partial charge < -0.3 is 23.0 Å². The smallest absolute Gasteiger partial charge is 0.419 e. The fourth-order valence-corrected chi connectivity index (χ4v) is 5.65. The molecule has 0 saturated carbocycles. The van der Waals surface area contributed by atoms with Crippen molar-refractivity contribution in [2.45, 2.75) is 97.1 Å². The van der Waals surface area contributed by atoms with Crippen LogP contribution < -0.4 is 4.74 Å². The molecule has 2 aromatic carbocycles. The van der Waals surface area contributed by atoms with Gasteiger partial charge >= 0.3 is 14.8 Å². The van der Waals surface area contributed by atoms with Gasteiger partial charge in [-0.3, -0.25) is 0 Å². The zero-order chi connectivity index (χ0) is 32.9. The molecule has 1 aliphatic rings. The summed E-state index contributed by atoms with van der Waals surface area (Å²) in [5.74, 6) is -4.15. The molecule has 0 bridgehead atoms. The minimum Gasteiger partial charge on any atom is -0.493 e. The third kappa shape index (κ3) is 10.9. The van der Waals surface area contributed by atoms with Gasteiger partial charge in [0.05, 0.1) is 30.0 Å². The molecule has 3 rings (SSSR count). The van der Waals surface area contributed by atoms with Crippen LogP contribution in [0.5, 0.6) is 5.75 Å². The normalized spacial score (nSPS) is 17.6. The minimum atomic E-state index is -4.70. The average molecular weight is 652 g/mol. The van der Waals surface area contributed by atoms with E-state index in [1.54, 1.807) is 13.0 Å². The number of alkyl halides is 3. The van der Waals surface area contributed by atoms with Crippen LogP contribution >= 0.6 is 8.60 Å². The van der Waals surface area contributed by atoms with Gasteiger partial charge in [-0.15, -0.1) is 0 Å². The quantitative estimate of drug-likeness (QED) is 0.0936. The van der Waals surface area contributed by atoms with Gasteiger partial charge in [0.25, 0.3) is 0 Å². The highest BCUT2D eigenvalue weighted by Gasteiger charge is 2.39. The molecule has 1 heterocycles. The van der Waals surface area contributed by atoms with Gasteiger partial charge in [0.2, 0.25) is 0 Å². The Kier molecular flexibility index (Phi) is 11.8. The van der Waals surface area contributed by atoms with E-state index in [1.165, 1.54) is 6.07 Å². The molecule has 0 amide bonds. The van der Waals surface area contributed by atoms with Gasteiger partial charge in [-0.05, 0) is 96.6 Å². The lowest BCUT2D eigenvalue weighted by atomic mass is 9.93. The molecule has 13 heteroatoms. The van der Waals surface area contributed by atoms with Gasteiger partial charge in [0.15, 0.2) is 23.3 Å². The lowest BCUT2D eigenvalue weighted by Gasteiger charge is -2.32. The summed E-state index contributed by atoms with van der Waals surface area (Å²) in [5.41, 5.74) is -2.57. The molecule has 1 unspecified atom stereocenters. The summed E-state index contributed by atoms with van der Waals surface area (Å²) in [6.45, 7) is 13.1. The maximum absolute atomic E-state index is 14.0. The Morgan fingerprint density at radius 2 is 1.57 bits per heavy atom. The monoisotopic (exact) mass is 651 g/mol. The first kappa shape index (κ1) is 36.1. The molecule has 0 N–H and O–H groups in total. The second-order valence-electron chi connectivity index (χ2n) is 12.7. The van der Waals surface area contributed by atoms with Crippen molar-refractivity contribution >= 4 is 14.5 Å². The van der Waals surface area contributed by atoms with E-state index in [9.17, 15) is 26.3 Å². The summed E-state index contributed by atoms with van der Waals surface area (Å²) >= 11 is 0. The first-order chi connectivity index (χ1) is 20.3. The van der Waals surface area contributed by atoms with Crippen molar-refractivity contribution in [3.05, 3.63) is 64.5 Å². The third-order valence-electron chi connectivity index (χ3n) is 6.27. The minimum absolute atomic E-state index is 0.0433. The summed E-state index contributed by atoms with van der Waals surface area (Å²) in [4.78, 5) is 4.63. The average Bonchev–Trinajstić information content (AvgIpc) is 3.27. The van der Waals surface area contributed by atoms with Crippen LogP contribution in [0.3, 0.4) is 0 Å². The maximum atomic E-state index is 14.0. The van der Waals surface area contributed by atoms with Crippen LogP contribution in [0, 0.1) is 17.5 Å². The number of rotatable bonds is 13. The number of benzene rings is 2. The number of hydrogen-bond acceptors (Lipinski definition) is 6. The molecule has 0 radical (unpaired) electrons. The second-order valence-corrected chi connectivity index (χ2v) is 13.7. The zero-order valence-corrected chi connectivity index (χ0v) is 26.9. The van der Waals surface area contributed by atoms with E-state index in [-0.39, 0.29) is 50.4 Å². The Bertz CT molecular complexity index is 1290. The number of ether oxygens (including phenoxy) is 2. The maximum Gasteiger partial charge on any atom is 0.419 e. The summed E-state index contributed by atoms with van der Waals surface area (Å²) in [7, 11) is -1.76. The number of aliphatic imine (C=N–C) groups is 1. The zero-order valence-electron chi connectivity index (χ0n) is 26.0. The summed E-state index contributed by atoms with van der Waals surface area (Å²) < 4.78 is 112. The van der Waals surface area contributed by atoms with E-state index < -0.39 is 54.5 Å². The molecule has 0 aliphatic carbocycles. The standard InChI is InChI=1S/C31H40F6NO5P/c1-20-38-30(18-40-20,19-41-44(42-28(2,3)4)43-29(5,6)7)15-14-21-10-13-25(23(17-21)31(35,36)37)39-16-8-9-22-11-12-24(32)27(34)26(22)33/h10-13,17H,8-9,14-16,18-19H2,1-7H3. The van der Waals surface area contributed by atoms with Gasteiger partial charge in [0, 0.05) is 6.92 Å². The van der Waals surface area contributed by atoms with Crippen LogP contribution in [0.4, 0.5) is 26.3 Å². The predicted molar refractivity (Wildman–Crippen MR) is 156 cm³/mol. The highest BCUT2D eigenvalue weighted by Crippen LogP contribution is 2.48. The highest BCUT2D eigenvalue weighted by molar-refractivity contribution is 7.41. The molecule has 1 aliphatic heterocycles. The van der Waals surface area contributed by atoms with Gasteiger partial charge in [0.1, 0.15) is 17.9 Å². The van der Waals surface area contributed by atoms with Crippen LogP contribution in [-0.4, -0.2) is 42.5 Å². The molecule has 246 valence electrons. The molecular formula is C31H40F6NO5P. The second kappa shape index (κ2) is 14.4. The van der Waals surface area contributed by atoms with E-state index in [4.69, 9.17) is 23.0 Å². The molecule has 2 aromatic rings. The van der Waals surface area contributed by atoms with E-state index >= 15 is 0 Å². The van der Waals surface area contributed by atoms with E-state index in [2.05, 4.69) is 4.99 Å². The fourth-order valence-electron chi connectivity index (χ4n) is 4.26. The van der Waals surface area contributed by atoms with Crippen LogP contribution in [0.15, 0.2) is 35.3 Å². The van der Waals surface area contributed by atoms with Crippen LogP contribution in [-0.2, 0) is 37.3 Å². The van der Waals surface area contributed by atoms with Crippen LogP contribution in [0.25, 0.3) is 0 Å². The molecule has 44 heavy (non-hydrogen) atoms. The number of hydrogen-bond donors (Lipinski definition) is 0. The predicted octanol–water partition coefficient (Wildman–Crippen LogP) is 9.13. The summed E-state index contributed by atoms with van der Waals surface area (Å²) in [6.07, 6.45) is -4.09. The van der Waals surface area contributed by atoms with Gasteiger partial charge in [-0.2, -0.15) is 13.2 Å². The Balaban J connectivity index is 1.68. The van der Waals surface area contributed by atoms with Crippen molar-refractivity contribution in [3.63, 3.8) is 0 Å². The number of aryl methyl sites for hydroxylation is 2. The SMILES string of the molecule is CC1=NC(CCc2ccc(OCCCc3ccc(F)c(F)c3F)c(C(F)(F)F)c2)(COP(OC(C)(C)C)OC(C)(C)C)CO1. The van der Waals surface area contributed by atoms with Crippen LogP contribution in [0.2, 0.25) is 0 Å². The largest absolute Gasteiger partial charge is 0.493 e. The van der Waals surface area contributed by atoms with Crippen molar-refractivity contribution in [2.24, 2.45) is 4.99 Å². The number of nitrogens with zero attached hydrogens (tertiary/aromatic N) is 1.